The molecule has 2 aromatic heterocycles. The summed E-state index contributed by atoms with van der Waals surface area (Å²) in [5, 5.41) is 18.6. The third-order valence-electron chi connectivity index (χ3n) is 3.95. The molecule has 0 atom stereocenters. The number of non-ortho nitro benzene ring substituents is 1. The Kier molecular flexibility index (Phi) is 5.59. The fraction of sp³-hybridized carbons (Fsp3) is 0.222. The molecule has 3 aromatic rings. The Hall–Kier alpha value is -3.40. The molecule has 10 heteroatoms. The summed E-state index contributed by atoms with van der Waals surface area (Å²) < 4.78 is 1.29. The molecule has 28 heavy (non-hydrogen) atoms. The van der Waals surface area contributed by atoms with Crippen LogP contribution in [0.25, 0.3) is 10.6 Å². The zero-order valence-corrected chi connectivity index (χ0v) is 16.0. The van der Waals surface area contributed by atoms with Crippen LogP contribution >= 0.6 is 11.3 Å². The van der Waals surface area contributed by atoms with Crippen molar-refractivity contribution >= 4 is 22.9 Å². The highest BCUT2D eigenvalue weighted by Gasteiger charge is 2.12. The number of aromatic nitrogens is 3. The number of nitrogens with one attached hydrogen (secondary N) is 1. The minimum Gasteiger partial charge on any atom is -0.350 e. The van der Waals surface area contributed by atoms with Crippen LogP contribution in [0.15, 0.2) is 41.2 Å². The average molecular weight is 399 g/mol. The molecule has 2 heterocycles. The van der Waals surface area contributed by atoms with Crippen LogP contribution in [0.1, 0.15) is 21.1 Å². The lowest BCUT2D eigenvalue weighted by Gasteiger charge is -2.08. The fourth-order valence-electron chi connectivity index (χ4n) is 2.61. The van der Waals surface area contributed by atoms with Crippen molar-refractivity contribution in [1.82, 2.24) is 20.1 Å². The van der Waals surface area contributed by atoms with E-state index in [9.17, 15) is 19.7 Å². The number of carbonyl (C=O) groups excluding carboxylic acids is 1. The summed E-state index contributed by atoms with van der Waals surface area (Å²) in [6, 6.07) is 8.40. The van der Waals surface area contributed by atoms with Gasteiger partial charge in [-0.2, -0.15) is 5.10 Å². The van der Waals surface area contributed by atoms with Crippen molar-refractivity contribution in [1.29, 1.82) is 0 Å². The summed E-state index contributed by atoms with van der Waals surface area (Å²) in [6.07, 6.45) is 0. The van der Waals surface area contributed by atoms with E-state index in [1.807, 2.05) is 13.8 Å². The normalized spacial score (nSPS) is 10.6. The first kappa shape index (κ1) is 19.4. The van der Waals surface area contributed by atoms with Crippen LogP contribution in [0.2, 0.25) is 0 Å². The first-order valence-electron chi connectivity index (χ1n) is 8.40. The number of nitrogens with zero attached hydrogens (tertiary/aromatic N) is 4. The molecule has 1 amide bonds. The number of benzene rings is 1. The third-order valence-corrected chi connectivity index (χ3v) is 5.05. The summed E-state index contributed by atoms with van der Waals surface area (Å²) in [6.45, 7) is 4.18. The molecule has 0 aliphatic carbocycles. The van der Waals surface area contributed by atoms with E-state index in [2.05, 4.69) is 15.4 Å². The van der Waals surface area contributed by atoms with Crippen molar-refractivity contribution in [3.63, 3.8) is 0 Å². The van der Waals surface area contributed by atoms with Crippen molar-refractivity contribution < 1.29 is 9.72 Å². The topological polar surface area (TPSA) is 120 Å². The van der Waals surface area contributed by atoms with Gasteiger partial charge in [-0.1, -0.05) is 0 Å². The van der Waals surface area contributed by atoms with E-state index in [-0.39, 0.29) is 30.2 Å². The van der Waals surface area contributed by atoms with Gasteiger partial charge in [0.1, 0.15) is 5.69 Å². The number of nitro groups is 1. The second-order valence-corrected chi connectivity index (χ2v) is 7.19. The van der Waals surface area contributed by atoms with Gasteiger partial charge < -0.3 is 5.32 Å². The Morgan fingerprint density at radius 3 is 2.54 bits per heavy atom. The molecular weight excluding hydrogens is 382 g/mol. The summed E-state index contributed by atoms with van der Waals surface area (Å²) in [4.78, 5) is 39.6. The van der Waals surface area contributed by atoms with Gasteiger partial charge in [0.05, 0.1) is 27.0 Å². The molecule has 0 aliphatic heterocycles. The number of aryl methyl sites for hydroxylation is 2. The van der Waals surface area contributed by atoms with E-state index in [1.165, 1.54) is 46.4 Å². The summed E-state index contributed by atoms with van der Waals surface area (Å²) >= 11 is 1.50. The second-order valence-electron chi connectivity index (χ2n) is 5.99. The summed E-state index contributed by atoms with van der Waals surface area (Å²) in [5.74, 6) is -0.381. The number of rotatable bonds is 6. The number of nitro benzene ring substituents is 1. The van der Waals surface area contributed by atoms with Crippen molar-refractivity contribution in [3.8, 4) is 10.6 Å². The Morgan fingerprint density at radius 2 is 1.93 bits per heavy atom. The number of hydrogen-bond donors (Lipinski definition) is 1. The van der Waals surface area contributed by atoms with Gasteiger partial charge in [0.2, 0.25) is 0 Å². The van der Waals surface area contributed by atoms with Crippen LogP contribution in [0.3, 0.4) is 0 Å². The average Bonchev–Trinajstić information content (AvgIpc) is 3.01. The molecule has 9 nitrogen and oxygen atoms in total. The van der Waals surface area contributed by atoms with Gasteiger partial charge >= 0.3 is 0 Å². The molecule has 1 N–H and O–H groups in total. The van der Waals surface area contributed by atoms with Crippen LogP contribution < -0.4 is 10.9 Å². The van der Waals surface area contributed by atoms with Crippen molar-refractivity contribution in [3.05, 3.63) is 73.1 Å². The van der Waals surface area contributed by atoms with E-state index < -0.39 is 4.92 Å². The Balaban J connectivity index is 1.66. The highest BCUT2D eigenvalue weighted by molar-refractivity contribution is 7.15. The maximum atomic E-state index is 12.1. The van der Waals surface area contributed by atoms with E-state index in [4.69, 9.17) is 0 Å². The van der Waals surface area contributed by atoms with Crippen LogP contribution in [-0.4, -0.2) is 32.1 Å². The van der Waals surface area contributed by atoms with Gasteiger partial charge in [-0.25, -0.2) is 9.67 Å². The first-order valence-corrected chi connectivity index (χ1v) is 9.22. The lowest BCUT2D eigenvalue weighted by Crippen LogP contribution is -2.31. The lowest BCUT2D eigenvalue weighted by atomic mass is 10.2. The van der Waals surface area contributed by atoms with Crippen molar-refractivity contribution in [2.75, 3.05) is 6.54 Å². The molecule has 0 unspecified atom stereocenters. The van der Waals surface area contributed by atoms with Crippen molar-refractivity contribution in [2.45, 2.75) is 20.4 Å². The zero-order valence-electron chi connectivity index (χ0n) is 15.2. The second kappa shape index (κ2) is 8.09. The van der Waals surface area contributed by atoms with Gasteiger partial charge in [0, 0.05) is 30.3 Å². The smallest absolute Gasteiger partial charge is 0.269 e. The highest BCUT2D eigenvalue weighted by Crippen LogP contribution is 2.27. The molecule has 3 rings (SSSR count). The number of amides is 1. The van der Waals surface area contributed by atoms with Gasteiger partial charge in [-0.3, -0.25) is 19.7 Å². The molecule has 0 spiro atoms. The molecule has 0 bridgehead atoms. The predicted octanol–water partition coefficient (Wildman–Crippen LogP) is 2.32. The van der Waals surface area contributed by atoms with E-state index >= 15 is 0 Å². The van der Waals surface area contributed by atoms with Gasteiger partial charge in [-0.15, -0.1) is 11.3 Å². The highest BCUT2D eigenvalue weighted by atomic mass is 32.1. The fourth-order valence-corrected chi connectivity index (χ4v) is 3.50. The molecule has 0 saturated heterocycles. The van der Waals surface area contributed by atoms with Crippen LogP contribution in [0, 0.1) is 24.0 Å². The SMILES string of the molecule is Cc1nc(C)c(-c2ccc(=O)n(CCNC(=O)c3ccc([N+](=O)[O-])cc3)n2)s1. The number of thiazole rings is 1. The number of hydrogen-bond acceptors (Lipinski definition) is 7. The molecular formula is C18H17N5O4S. The van der Waals surface area contributed by atoms with Crippen LogP contribution in [-0.2, 0) is 6.54 Å². The van der Waals surface area contributed by atoms with Crippen LogP contribution in [0.5, 0.6) is 0 Å². The third kappa shape index (κ3) is 4.29. The Bertz CT molecular complexity index is 1090. The monoisotopic (exact) mass is 399 g/mol. The minimum absolute atomic E-state index is 0.0854. The Morgan fingerprint density at radius 1 is 1.21 bits per heavy atom. The molecule has 0 radical (unpaired) electrons. The largest absolute Gasteiger partial charge is 0.350 e. The molecule has 0 fully saturated rings. The lowest BCUT2D eigenvalue weighted by molar-refractivity contribution is -0.384. The molecule has 0 aliphatic rings. The molecule has 1 aromatic carbocycles. The Labute approximate surface area is 163 Å². The maximum Gasteiger partial charge on any atom is 0.269 e. The summed E-state index contributed by atoms with van der Waals surface area (Å²) in [7, 11) is 0. The molecule has 144 valence electrons. The van der Waals surface area contributed by atoms with Gasteiger partial charge in [-0.05, 0) is 32.0 Å². The van der Waals surface area contributed by atoms with Gasteiger partial charge in [0.25, 0.3) is 17.2 Å². The summed E-state index contributed by atoms with van der Waals surface area (Å²) in [5.41, 5.74) is 1.46. The number of carbonyl (C=O) groups is 1. The van der Waals surface area contributed by atoms with Crippen LogP contribution in [0.4, 0.5) is 5.69 Å². The standard InChI is InChI=1S/C18H17N5O4S/c1-11-17(28-12(2)20-11)15-7-8-16(24)22(21-15)10-9-19-18(25)13-3-5-14(6-4-13)23(26)27/h3-8H,9-10H2,1-2H3,(H,19,25). The minimum atomic E-state index is -0.529. The maximum absolute atomic E-state index is 12.1. The first-order chi connectivity index (χ1) is 13.3. The predicted molar refractivity (Wildman–Crippen MR) is 105 cm³/mol. The molecule has 0 saturated carbocycles. The van der Waals surface area contributed by atoms with Crippen molar-refractivity contribution in [2.24, 2.45) is 0 Å². The zero-order chi connectivity index (χ0) is 20.3. The van der Waals surface area contributed by atoms with E-state index in [1.54, 1.807) is 6.07 Å². The quantitative estimate of drug-likeness (QED) is 0.502. The van der Waals surface area contributed by atoms with Gasteiger partial charge in [0.15, 0.2) is 0 Å². The van der Waals surface area contributed by atoms with E-state index in [0.717, 1.165) is 15.6 Å². The van der Waals surface area contributed by atoms with E-state index in [0.29, 0.717) is 11.3 Å².